The Kier molecular flexibility index (Phi) is 60.9. The van der Waals surface area contributed by atoms with Gasteiger partial charge in [-0.2, -0.15) is 0 Å². The molecule has 0 aromatic carbocycles. The lowest BCUT2D eigenvalue weighted by Crippen LogP contribution is -2.30. The SMILES string of the molecule is CC/C=C\C/C=C\C/C=C\C/C=C\C/C=C\C/C=C\C/C=C\C/C=C\CCCCC(=O)OCC(COC(=O)CCCCCCCCCCCCCCCCCC)OC(=O)CCCCCC/C=C\C/C=C\C/C=C\C/C=C\CC. The van der Waals surface area contributed by atoms with Gasteiger partial charge >= 0.3 is 17.9 Å². The van der Waals surface area contributed by atoms with Gasteiger partial charge in [-0.3, -0.25) is 14.4 Å². The number of allylic oxidation sites excluding steroid dienone is 24. The van der Waals surface area contributed by atoms with Gasteiger partial charge in [-0.25, -0.2) is 0 Å². The van der Waals surface area contributed by atoms with Gasteiger partial charge in [0.15, 0.2) is 6.10 Å². The van der Waals surface area contributed by atoms with Crippen LogP contribution in [0.25, 0.3) is 0 Å². The Hall–Kier alpha value is -4.71. The molecule has 0 fully saturated rings. The number of rotatable bonds is 56. The summed E-state index contributed by atoms with van der Waals surface area (Å²) >= 11 is 0. The quantitative estimate of drug-likeness (QED) is 0.0261. The van der Waals surface area contributed by atoms with Crippen LogP contribution in [0.3, 0.4) is 0 Å². The van der Waals surface area contributed by atoms with Crippen molar-refractivity contribution in [2.45, 2.75) is 277 Å². The molecule has 0 N–H and O–H groups in total. The van der Waals surface area contributed by atoms with Gasteiger partial charge in [-0.1, -0.05) is 276 Å². The first kappa shape index (κ1) is 73.3. The average Bonchev–Trinajstić information content (AvgIpc) is 3.44. The molecule has 0 aliphatic carbocycles. The molecular weight excluding hydrogens is 961 g/mol. The molecule has 0 aromatic rings. The van der Waals surface area contributed by atoms with Crippen molar-refractivity contribution in [2.24, 2.45) is 0 Å². The van der Waals surface area contributed by atoms with Crippen molar-refractivity contribution in [3.63, 3.8) is 0 Å². The van der Waals surface area contributed by atoms with Crippen LogP contribution in [0.1, 0.15) is 271 Å². The highest BCUT2D eigenvalue weighted by Crippen LogP contribution is 2.15. The van der Waals surface area contributed by atoms with Gasteiger partial charge < -0.3 is 14.2 Å². The van der Waals surface area contributed by atoms with Gasteiger partial charge in [0.25, 0.3) is 0 Å². The molecule has 1 atom stereocenters. The molecular formula is C72H116O6. The zero-order chi connectivity index (χ0) is 56.4. The van der Waals surface area contributed by atoms with Crippen molar-refractivity contribution in [1.29, 1.82) is 0 Å². The van der Waals surface area contributed by atoms with Crippen LogP contribution >= 0.6 is 0 Å². The fourth-order valence-corrected chi connectivity index (χ4v) is 8.39. The molecule has 0 bridgehead atoms. The first-order valence-electron chi connectivity index (χ1n) is 31.8. The maximum atomic E-state index is 12.9. The third-order valence-corrected chi connectivity index (χ3v) is 13.1. The van der Waals surface area contributed by atoms with Crippen molar-refractivity contribution >= 4 is 17.9 Å². The number of unbranched alkanes of at least 4 members (excludes halogenated alkanes) is 21. The second-order valence-corrected chi connectivity index (χ2v) is 20.6. The van der Waals surface area contributed by atoms with E-state index in [0.29, 0.717) is 19.3 Å². The largest absolute Gasteiger partial charge is 0.462 e. The summed E-state index contributed by atoms with van der Waals surface area (Å²) in [5.41, 5.74) is 0. The second-order valence-electron chi connectivity index (χ2n) is 20.6. The lowest BCUT2D eigenvalue weighted by atomic mass is 10.0. The Morgan fingerprint density at radius 3 is 0.808 bits per heavy atom. The lowest BCUT2D eigenvalue weighted by molar-refractivity contribution is -0.167. The standard InChI is InChI=1S/C72H116O6/c1-4-7-10-13-16-19-22-25-28-31-32-33-34-35-36-37-38-39-40-42-44-47-50-53-56-59-62-65-71(74)77-68-69(67-76-70(73)64-61-58-55-52-49-46-43-30-27-24-21-18-15-12-9-6-3)78-72(75)66-63-60-57-54-51-48-45-41-29-26-23-20-17-14-11-8-5-2/h7-8,10-11,16-17,19-20,25-26,28-29,32-33,35-36,38-39,42,44-45,48,50,53,69H,4-6,9,12-15,18,21-24,27,30-31,34,37,40-41,43,46-47,49,51-52,54-68H2,1-3H3/b10-7-,11-8-,19-16-,20-17-,28-25-,29-26-,33-32-,36-35-,39-38-,44-42-,48-45-,53-50-. The van der Waals surface area contributed by atoms with Gasteiger partial charge in [0.05, 0.1) is 0 Å². The third kappa shape index (κ3) is 62.1. The fraction of sp³-hybridized carbons (Fsp3) is 0.625. The number of hydrogen-bond acceptors (Lipinski definition) is 6. The van der Waals surface area contributed by atoms with E-state index in [1.165, 1.54) is 83.5 Å². The van der Waals surface area contributed by atoms with Crippen LogP contribution in [0, 0.1) is 0 Å². The number of carbonyl (C=O) groups excluding carboxylic acids is 3. The molecule has 0 radical (unpaired) electrons. The highest BCUT2D eigenvalue weighted by molar-refractivity contribution is 5.71. The predicted molar refractivity (Wildman–Crippen MR) is 339 cm³/mol. The monoisotopic (exact) mass is 1080 g/mol. The van der Waals surface area contributed by atoms with E-state index in [4.69, 9.17) is 14.2 Å². The first-order valence-corrected chi connectivity index (χ1v) is 31.8. The molecule has 6 heteroatoms. The van der Waals surface area contributed by atoms with Crippen molar-refractivity contribution < 1.29 is 28.6 Å². The van der Waals surface area contributed by atoms with E-state index in [2.05, 4.69) is 167 Å². The summed E-state index contributed by atoms with van der Waals surface area (Å²) in [6, 6.07) is 0. The minimum Gasteiger partial charge on any atom is -0.462 e. The minimum atomic E-state index is -0.815. The van der Waals surface area contributed by atoms with Crippen LogP contribution in [0.2, 0.25) is 0 Å². The van der Waals surface area contributed by atoms with Gasteiger partial charge in [-0.05, 0) is 122 Å². The van der Waals surface area contributed by atoms with Gasteiger partial charge in [0.2, 0.25) is 0 Å². The fourth-order valence-electron chi connectivity index (χ4n) is 8.39. The molecule has 440 valence electrons. The third-order valence-electron chi connectivity index (χ3n) is 13.1. The summed E-state index contributed by atoms with van der Waals surface area (Å²) in [4.78, 5) is 38.3. The smallest absolute Gasteiger partial charge is 0.306 e. The number of ether oxygens (including phenoxy) is 3. The Labute approximate surface area is 480 Å². The maximum Gasteiger partial charge on any atom is 0.306 e. The van der Waals surface area contributed by atoms with Crippen LogP contribution in [0.4, 0.5) is 0 Å². The van der Waals surface area contributed by atoms with Gasteiger partial charge in [0, 0.05) is 19.3 Å². The Bertz CT molecular complexity index is 1710. The Morgan fingerprint density at radius 2 is 0.500 bits per heavy atom. The van der Waals surface area contributed by atoms with Crippen LogP contribution in [-0.2, 0) is 28.6 Å². The van der Waals surface area contributed by atoms with Crippen LogP contribution in [0.15, 0.2) is 146 Å². The second kappa shape index (κ2) is 64.8. The van der Waals surface area contributed by atoms with E-state index in [1.54, 1.807) is 0 Å². The van der Waals surface area contributed by atoms with E-state index in [9.17, 15) is 14.4 Å². The molecule has 6 nitrogen and oxygen atoms in total. The van der Waals surface area contributed by atoms with Crippen LogP contribution in [0.5, 0.6) is 0 Å². The highest BCUT2D eigenvalue weighted by atomic mass is 16.6. The first-order chi connectivity index (χ1) is 38.5. The summed E-state index contributed by atoms with van der Waals surface area (Å²) in [7, 11) is 0. The molecule has 0 aromatic heterocycles. The summed E-state index contributed by atoms with van der Waals surface area (Å²) in [6.07, 6.45) is 92.8. The molecule has 0 heterocycles. The number of hydrogen-bond donors (Lipinski definition) is 0. The molecule has 78 heavy (non-hydrogen) atoms. The summed E-state index contributed by atoms with van der Waals surface area (Å²) in [6.45, 7) is 6.37. The lowest BCUT2D eigenvalue weighted by Gasteiger charge is -2.18. The zero-order valence-electron chi connectivity index (χ0n) is 50.4. The summed E-state index contributed by atoms with van der Waals surface area (Å²) in [5.74, 6) is -0.973. The molecule has 0 saturated heterocycles. The molecule has 0 aliphatic heterocycles. The molecule has 0 amide bonds. The van der Waals surface area contributed by atoms with E-state index < -0.39 is 6.10 Å². The molecule has 0 rings (SSSR count). The number of esters is 3. The van der Waals surface area contributed by atoms with Gasteiger partial charge in [0.1, 0.15) is 13.2 Å². The predicted octanol–water partition coefficient (Wildman–Crippen LogP) is 21.9. The molecule has 0 aliphatic rings. The van der Waals surface area contributed by atoms with E-state index in [-0.39, 0.29) is 37.5 Å². The minimum absolute atomic E-state index is 0.105. The van der Waals surface area contributed by atoms with Crippen molar-refractivity contribution in [3.8, 4) is 0 Å². The molecule has 1 unspecified atom stereocenters. The summed E-state index contributed by atoms with van der Waals surface area (Å²) < 4.78 is 16.9. The van der Waals surface area contributed by atoms with Gasteiger partial charge in [-0.15, -0.1) is 0 Å². The topological polar surface area (TPSA) is 78.9 Å². The van der Waals surface area contributed by atoms with Crippen molar-refractivity contribution in [2.75, 3.05) is 13.2 Å². The molecule has 0 spiro atoms. The normalized spacial score (nSPS) is 13.1. The zero-order valence-corrected chi connectivity index (χ0v) is 50.4. The van der Waals surface area contributed by atoms with E-state index in [1.807, 2.05) is 0 Å². The highest BCUT2D eigenvalue weighted by Gasteiger charge is 2.19. The average molecular weight is 1080 g/mol. The number of carbonyl (C=O) groups is 3. The van der Waals surface area contributed by atoms with Crippen LogP contribution < -0.4 is 0 Å². The Balaban J connectivity index is 4.49. The maximum absolute atomic E-state index is 12.9. The van der Waals surface area contributed by atoms with Crippen LogP contribution in [-0.4, -0.2) is 37.2 Å². The van der Waals surface area contributed by atoms with Crippen molar-refractivity contribution in [1.82, 2.24) is 0 Å². The van der Waals surface area contributed by atoms with E-state index >= 15 is 0 Å². The summed E-state index contributed by atoms with van der Waals surface area (Å²) in [5, 5.41) is 0. The van der Waals surface area contributed by atoms with Crippen molar-refractivity contribution in [3.05, 3.63) is 146 Å². The Morgan fingerprint density at radius 1 is 0.269 bits per heavy atom. The van der Waals surface area contributed by atoms with E-state index in [0.717, 1.165) is 141 Å². The molecule has 0 saturated carbocycles.